The zero-order valence-electron chi connectivity index (χ0n) is 17.6. The Morgan fingerprint density at radius 1 is 0.935 bits per heavy atom. The highest BCUT2D eigenvalue weighted by Crippen LogP contribution is 2.22. The number of nitrogens with zero attached hydrogens (tertiary/aromatic N) is 4. The molecule has 3 aromatic rings. The van der Waals surface area contributed by atoms with E-state index in [0.717, 1.165) is 54.8 Å². The molecular formula is C24H26N4O2S. The summed E-state index contributed by atoms with van der Waals surface area (Å²) < 4.78 is 5.20. The van der Waals surface area contributed by atoms with Crippen LogP contribution in [0, 0.1) is 0 Å². The third-order valence-electron chi connectivity index (χ3n) is 5.32. The van der Waals surface area contributed by atoms with Gasteiger partial charge in [-0.1, -0.05) is 18.2 Å². The third kappa shape index (κ3) is 5.55. The summed E-state index contributed by atoms with van der Waals surface area (Å²) in [5.41, 5.74) is 1.83. The van der Waals surface area contributed by atoms with E-state index >= 15 is 0 Å². The molecular weight excluding hydrogens is 408 g/mol. The van der Waals surface area contributed by atoms with Crippen molar-refractivity contribution in [3.05, 3.63) is 66.7 Å². The first kappa shape index (κ1) is 21.2. The van der Waals surface area contributed by atoms with Crippen LogP contribution < -0.4 is 9.64 Å². The molecule has 1 aliphatic rings. The maximum absolute atomic E-state index is 12.5. The van der Waals surface area contributed by atoms with Crippen molar-refractivity contribution in [3.63, 3.8) is 0 Å². The van der Waals surface area contributed by atoms with Gasteiger partial charge in [0.1, 0.15) is 5.75 Å². The van der Waals surface area contributed by atoms with Crippen molar-refractivity contribution < 1.29 is 9.53 Å². The summed E-state index contributed by atoms with van der Waals surface area (Å²) in [6, 6.07) is 22.0. The summed E-state index contributed by atoms with van der Waals surface area (Å²) in [5.74, 6) is 2.70. The van der Waals surface area contributed by atoms with E-state index in [1.807, 2.05) is 59.5 Å². The van der Waals surface area contributed by atoms with Gasteiger partial charge in [-0.25, -0.2) is 0 Å². The summed E-state index contributed by atoms with van der Waals surface area (Å²) in [5, 5.41) is 8.80. The lowest BCUT2D eigenvalue weighted by Gasteiger charge is -2.35. The van der Waals surface area contributed by atoms with Gasteiger partial charge in [0.05, 0.1) is 12.8 Å². The summed E-state index contributed by atoms with van der Waals surface area (Å²) in [6.45, 7) is 2.98. The average molecular weight is 435 g/mol. The zero-order valence-corrected chi connectivity index (χ0v) is 18.4. The first-order chi connectivity index (χ1) is 15.2. The van der Waals surface area contributed by atoms with Crippen LogP contribution in [0.2, 0.25) is 0 Å². The fourth-order valence-electron chi connectivity index (χ4n) is 3.53. The minimum Gasteiger partial charge on any atom is -0.497 e. The molecule has 1 saturated heterocycles. The van der Waals surface area contributed by atoms with Gasteiger partial charge in [-0.05, 0) is 48.5 Å². The maximum Gasteiger partial charge on any atom is 0.223 e. The number of methoxy groups -OCH3 is 1. The number of piperazine rings is 1. The van der Waals surface area contributed by atoms with E-state index in [-0.39, 0.29) is 5.91 Å². The van der Waals surface area contributed by atoms with Gasteiger partial charge < -0.3 is 14.5 Å². The van der Waals surface area contributed by atoms with Crippen LogP contribution >= 0.6 is 11.8 Å². The van der Waals surface area contributed by atoms with Crippen molar-refractivity contribution in [2.45, 2.75) is 11.3 Å². The molecule has 2 aromatic carbocycles. The molecule has 2 heterocycles. The lowest BCUT2D eigenvalue weighted by atomic mass is 10.1. The van der Waals surface area contributed by atoms with Crippen LogP contribution in [0.1, 0.15) is 6.42 Å². The molecule has 0 bridgehead atoms. The lowest BCUT2D eigenvalue weighted by molar-refractivity contribution is -0.131. The van der Waals surface area contributed by atoms with E-state index in [1.54, 1.807) is 18.9 Å². The second-order valence-electron chi connectivity index (χ2n) is 7.28. The number of carbonyl (C=O) groups excluding carboxylic acids is 1. The van der Waals surface area contributed by atoms with E-state index < -0.39 is 0 Å². The summed E-state index contributed by atoms with van der Waals surface area (Å²) in [4.78, 5) is 17.9. The Hall–Kier alpha value is -3.06. The largest absolute Gasteiger partial charge is 0.497 e. The molecule has 4 rings (SSSR count). The second-order valence-corrected chi connectivity index (χ2v) is 8.45. The lowest BCUT2D eigenvalue weighted by Crippen LogP contribution is -2.49. The topological polar surface area (TPSA) is 58.6 Å². The van der Waals surface area contributed by atoms with E-state index in [1.165, 1.54) is 4.90 Å². The van der Waals surface area contributed by atoms with Crippen molar-refractivity contribution >= 4 is 23.5 Å². The number of amides is 1. The van der Waals surface area contributed by atoms with Crippen molar-refractivity contribution in [2.24, 2.45) is 0 Å². The summed E-state index contributed by atoms with van der Waals surface area (Å²) in [7, 11) is 1.65. The van der Waals surface area contributed by atoms with Crippen LogP contribution in [0.15, 0.2) is 71.6 Å². The molecule has 0 spiro atoms. The van der Waals surface area contributed by atoms with Crippen molar-refractivity contribution in [1.82, 2.24) is 15.1 Å². The molecule has 1 aromatic heterocycles. The molecule has 6 nitrogen and oxygen atoms in total. The maximum atomic E-state index is 12.5. The van der Waals surface area contributed by atoms with Gasteiger partial charge in [-0.3, -0.25) is 4.79 Å². The molecule has 1 aliphatic heterocycles. The molecule has 0 aliphatic carbocycles. The number of anilines is 1. The van der Waals surface area contributed by atoms with Crippen LogP contribution in [0.3, 0.4) is 0 Å². The Bertz CT molecular complexity index is 973. The summed E-state index contributed by atoms with van der Waals surface area (Å²) in [6.07, 6.45) is 0.565. The van der Waals surface area contributed by atoms with E-state index in [9.17, 15) is 4.79 Å². The molecule has 0 atom stereocenters. The van der Waals surface area contributed by atoms with Crippen LogP contribution in [0.4, 0.5) is 5.82 Å². The Balaban J connectivity index is 1.25. The van der Waals surface area contributed by atoms with Crippen LogP contribution in [0.25, 0.3) is 11.3 Å². The number of benzene rings is 2. The number of ether oxygens (including phenoxy) is 1. The third-order valence-corrected chi connectivity index (χ3v) is 6.33. The average Bonchev–Trinajstić information content (AvgIpc) is 2.85. The molecule has 0 radical (unpaired) electrons. The zero-order chi connectivity index (χ0) is 21.5. The number of carbonyl (C=O) groups is 1. The number of aromatic nitrogens is 2. The van der Waals surface area contributed by atoms with E-state index in [0.29, 0.717) is 6.42 Å². The molecule has 160 valence electrons. The molecule has 0 unspecified atom stereocenters. The van der Waals surface area contributed by atoms with Gasteiger partial charge in [0, 0.05) is 48.8 Å². The molecule has 1 fully saturated rings. The highest BCUT2D eigenvalue weighted by molar-refractivity contribution is 7.99. The van der Waals surface area contributed by atoms with E-state index in [4.69, 9.17) is 4.74 Å². The first-order valence-electron chi connectivity index (χ1n) is 10.4. The van der Waals surface area contributed by atoms with Crippen LogP contribution in [-0.2, 0) is 4.79 Å². The van der Waals surface area contributed by atoms with Crippen LogP contribution in [-0.4, -0.2) is 60.0 Å². The molecule has 0 saturated carbocycles. The SMILES string of the molecule is COc1ccc(-c2ccc(N3CCN(C(=O)CCSc4ccccc4)CC3)nn2)cc1. The smallest absolute Gasteiger partial charge is 0.223 e. The van der Waals surface area contributed by atoms with Crippen molar-refractivity contribution in [3.8, 4) is 17.0 Å². The minimum absolute atomic E-state index is 0.226. The van der Waals surface area contributed by atoms with E-state index in [2.05, 4.69) is 27.2 Å². The minimum atomic E-state index is 0.226. The second kappa shape index (κ2) is 10.3. The Kier molecular flexibility index (Phi) is 7.04. The highest BCUT2D eigenvalue weighted by atomic mass is 32.2. The predicted molar refractivity (Wildman–Crippen MR) is 125 cm³/mol. The van der Waals surface area contributed by atoms with Gasteiger partial charge in [0.25, 0.3) is 0 Å². The standard InChI is InChI=1S/C24H26N4O2S/c1-30-20-9-7-19(8-10-20)22-11-12-23(26-25-22)27-14-16-28(17-15-27)24(29)13-18-31-21-5-3-2-4-6-21/h2-12H,13-18H2,1H3. The van der Waals surface area contributed by atoms with Gasteiger partial charge in [-0.2, -0.15) is 0 Å². The van der Waals surface area contributed by atoms with Gasteiger partial charge in [0.2, 0.25) is 5.91 Å². The van der Waals surface area contributed by atoms with Crippen LogP contribution in [0.5, 0.6) is 5.75 Å². The van der Waals surface area contributed by atoms with Crippen molar-refractivity contribution in [2.75, 3.05) is 43.9 Å². The molecule has 1 amide bonds. The number of rotatable bonds is 7. The number of thioether (sulfide) groups is 1. The van der Waals surface area contributed by atoms with Gasteiger partial charge in [-0.15, -0.1) is 22.0 Å². The van der Waals surface area contributed by atoms with Crippen molar-refractivity contribution in [1.29, 1.82) is 0 Å². The molecule has 0 N–H and O–H groups in total. The Morgan fingerprint density at radius 2 is 1.68 bits per heavy atom. The predicted octanol–water partition coefficient (Wildman–Crippen LogP) is 3.98. The fourth-order valence-corrected chi connectivity index (χ4v) is 4.39. The monoisotopic (exact) mass is 434 g/mol. The number of hydrogen-bond donors (Lipinski definition) is 0. The van der Waals surface area contributed by atoms with Gasteiger partial charge >= 0.3 is 0 Å². The Morgan fingerprint density at radius 3 is 2.32 bits per heavy atom. The number of hydrogen-bond acceptors (Lipinski definition) is 6. The fraction of sp³-hybridized carbons (Fsp3) is 0.292. The molecule has 31 heavy (non-hydrogen) atoms. The molecule has 7 heteroatoms. The normalized spacial score (nSPS) is 13.8. The quantitative estimate of drug-likeness (QED) is 0.524. The first-order valence-corrected chi connectivity index (χ1v) is 11.4. The Labute approximate surface area is 187 Å². The van der Waals surface area contributed by atoms with Gasteiger partial charge in [0.15, 0.2) is 5.82 Å². The summed E-state index contributed by atoms with van der Waals surface area (Å²) >= 11 is 1.73. The highest BCUT2D eigenvalue weighted by Gasteiger charge is 2.22.